The van der Waals surface area contributed by atoms with Crippen LogP contribution in [0.15, 0.2) is 66.7 Å². The van der Waals surface area contributed by atoms with E-state index in [-0.39, 0.29) is 17.2 Å². The minimum Gasteiger partial charge on any atom is -0.507 e. The molecule has 5 heteroatoms. The van der Waals surface area contributed by atoms with E-state index < -0.39 is 12.1 Å². The second-order valence-electron chi connectivity index (χ2n) is 6.15. The van der Waals surface area contributed by atoms with Crippen LogP contribution in [0.1, 0.15) is 22.0 Å². The summed E-state index contributed by atoms with van der Waals surface area (Å²) in [7, 11) is 3.19. The van der Waals surface area contributed by atoms with Crippen LogP contribution in [0.2, 0.25) is 0 Å². The average molecular weight is 349 g/mol. The molecule has 0 heterocycles. The monoisotopic (exact) mass is 349 g/mol. The standard InChI is InChI=1S/C21H19NO4/c1-22(2)20(24)19(14-8-4-3-5-9-14)26-21(25)17-12-15-10-6-7-11-16(15)13-18(17)23/h3-13,19,23H,1-2H3. The maximum atomic E-state index is 12.7. The number of fused-ring (bicyclic) bond motifs is 1. The zero-order chi connectivity index (χ0) is 18.7. The Morgan fingerprint density at radius 1 is 0.923 bits per heavy atom. The number of hydrogen-bond acceptors (Lipinski definition) is 4. The number of rotatable bonds is 4. The summed E-state index contributed by atoms with van der Waals surface area (Å²) >= 11 is 0. The molecule has 3 rings (SSSR count). The quantitative estimate of drug-likeness (QED) is 0.732. The number of phenols is 1. The summed E-state index contributed by atoms with van der Waals surface area (Å²) in [6.45, 7) is 0. The fourth-order valence-electron chi connectivity index (χ4n) is 2.69. The summed E-state index contributed by atoms with van der Waals surface area (Å²) < 4.78 is 5.49. The number of phenolic OH excluding ortho intramolecular Hbond substituents is 1. The molecule has 0 aliphatic carbocycles. The Hall–Kier alpha value is -3.34. The summed E-state index contributed by atoms with van der Waals surface area (Å²) in [5, 5.41) is 11.8. The van der Waals surface area contributed by atoms with E-state index in [1.54, 1.807) is 44.4 Å². The van der Waals surface area contributed by atoms with Crippen LogP contribution in [0, 0.1) is 0 Å². The lowest BCUT2D eigenvalue weighted by molar-refractivity contribution is -0.138. The van der Waals surface area contributed by atoms with Crippen LogP contribution in [0.25, 0.3) is 10.8 Å². The Morgan fingerprint density at radius 2 is 1.50 bits per heavy atom. The Bertz CT molecular complexity index is 951. The maximum Gasteiger partial charge on any atom is 0.343 e. The number of carbonyl (C=O) groups is 2. The van der Waals surface area contributed by atoms with Crippen molar-refractivity contribution in [3.8, 4) is 5.75 Å². The first-order chi connectivity index (χ1) is 12.5. The molecule has 0 aliphatic heterocycles. The molecule has 0 aromatic heterocycles. The number of nitrogens with zero attached hydrogens (tertiary/aromatic N) is 1. The first-order valence-corrected chi connectivity index (χ1v) is 8.16. The van der Waals surface area contributed by atoms with Crippen molar-refractivity contribution in [1.29, 1.82) is 0 Å². The highest BCUT2D eigenvalue weighted by Gasteiger charge is 2.28. The van der Waals surface area contributed by atoms with Crippen molar-refractivity contribution in [1.82, 2.24) is 4.90 Å². The van der Waals surface area contributed by atoms with Gasteiger partial charge in [0.1, 0.15) is 11.3 Å². The smallest absolute Gasteiger partial charge is 0.343 e. The zero-order valence-electron chi connectivity index (χ0n) is 14.5. The van der Waals surface area contributed by atoms with Crippen LogP contribution in [-0.2, 0) is 9.53 Å². The Morgan fingerprint density at radius 3 is 2.12 bits per heavy atom. The molecular weight excluding hydrogens is 330 g/mol. The second-order valence-corrected chi connectivity index (χ2v) is 6.15. The molecule has 1 atom stereocenters. The van der Waals surface area contributed by atoms with Crippen molar-refractivity contribution in [2.75, 3.05) is 14.1 Å². The van der Waals surface area contributed by atoms with Crippen LogP contribution in [0.4, 0.5) is 0 Å². The van der Waals surface area contributed by atoms with E-state index in [9.17, 15) is 14.7 Å². The Balaban J connectivity index is 1.95. The first-order valence-electron chi connectivity index (χ1n) is 8.16. The van der Waals surface area contributed by atoms with Gasteiger partial charge in [0.15, 0.2) is 0 Å². The van der Waals surface area contributed by atoms with Gasteiger partial charge < -0.3 is 14.7 Å². The molecule has 132 valence electrons. The minimum atomic E-state index is -1.08. The number of esters is 1. The highest BCUT2D eigenvalue weighted by molar-refractivity contribution is 5.99. The van der Waals surface area contributed by atoms with Gasteiger partial charge in [-0.2, -0.15) is 0 Å². The third-order valence-electron chi connectivity index (χ3n) is 4.08. The van der Waals surface area contributed by atoms with Gasteiger partial charge in [0.05, 0.1) is 0 Å². The number of aromatic hydroxyl groups is 1. The van der Waals surface area contributed by atoms with Crippen molar-refractivity contribution < 1.29 is 19.4 Å². The summed E-state index contributed by atoms with van der Waals surface area (Å²) in [6.07, 6.45) is -1.08. The van der Waals surface area contributed by atoms with Gasteiger partial charge in [0.25, 0.3) is 5.91 Å². The van der Waals surface area contributed by atoms with Gasteiger partial charge in [-0.05, 0) is 22.9 Å². The molecule has 0 bridgehead atoms. The third kappa shape index (κ3) is 3.52. The molecule has 0 fully saturated rings. The van der Waals surface area contributed by atoms with Crippen LogP contribution in [-0.4, -0.2) is 36.0 Å². The lowest BCUT2D eigenvalue weighted by atomic mass is 10.1. The van der Waals surface area contributed by atoms with Crippen molar-refractivity contribution in [2.24, 2.45) is 0 Å². The molecule has 0 saturated heterocycles. The first kappa shape index (κ1) is 17.5. The fraction of sp³-hybridized carbons (Fsp3) is 0.143. The van der Waals surface area contributed by atoms with Gasteiger partial charge in [-0.25, -0.2) is 4.79 Å². The minimum absolute atomic E-state index is 0.0242. The van der Waals surface area contributed by atoms with E-state index in [0.29, 0.717) is 5.56 Å². The fourth-order valence-corrected chi connectivity index (χ4v) is 2.69. The molecule has 1 unspecified atom stereocenters. The molecule has 0 saturated carbocycles. The van der Waals surface area contributed by atoms with Crippen LogP contribution in [0.5, 0.6) is 5.75 Å². The molecule has 5 nitrogen and oxygen atoms in total. The third-order valence-corrected chi connectivity index (χ3v) is 4.08. The molecule has 3 aromatic carbocycles. The highest BCUT2D eigenvalue weighted by Crippen LogP contribution is 2.28. The lowest BCUT2D eigenvalue weighted by Crippen LogP contribution is -2.31. The number of amides is 1. The summed E-state index contributed by atoms with van der Waals surface area (Å²) in [5.74, 6) is -1.29. The van der Waals surface area contributed by atoms with E-state index in [1.807, 2.05) is 30.3 Å². The van der Waals surface area contributed by atoms with Crippen LogP contribution < -0.4 is 0 Å². The van der Waals surface area contributed by atoms with Crippen LogP contribution >= 0.6 is 0 Å². The largest absolute Gasteiger partial charge is 0.507 e. The molecule has 0 aliphatic rings. The Labute approximate surface area is 151 Å². The van der Waals surface area contributed by atoms with Crippen molar-refractivity contribution in [3.63, 3.8) is 0 Å². The van der Waals surface area contributed by atoms with Gasteiger partial charge in [0.2, 0.25) is 6.10 Å². The van der Waals surface area contributed by atoms with E-state index >= 15 is 0 Å². The van der Waals surface area contributed by atoms with E-state index in [2.05, 4.69) is 0 Å². The van der Waals surface area contributed by atoms with Crippen LogP contribution in [0.3, 0.4) is 0 Å². The second kappa shape index (κ2) is 7.27. The van der Waals surface area contributed by atoms with Gasteiger partial charge >= 0.3 is 5.97 Å². The van der Waals surface area contributed by atoms with Crippen molar-refractivity contribution in [3.05, 3.63) is 77.9 Å². The number of carbonyl (C=O) groups excluding carboxylic acids is 2. The average Bonchev–Trinajstić information content (AvgIpc) is 2.65. The van der Waals surface area contributed by atoms with E-state index in [4.69, 9.17) is 4.74 Å². The summed E-state index contributed by atoms with van der Waals surface area (Å²) in [4.78, 5) is 26.5. The van der Waals surface area contributed by atoms with Crippen molar-refractivity contribution in [2.45, 2.75) is 6.10 Å². The molecule has 26 heavy (non-hydrogen) atoms. The molecule has 1 N–H and O–H groups in total. The van der Waals surface area contributed by atoms with Gasteiger partial charge in [-0.15, -0.1) is 0 Å². The number of hydrogen-bond donors (Lipinski definition) is 1. The number of ether oxygens (including phenoxy) is 1. The van der Waals surface area contributed by atoms with Gasteiger partial charge in [0, 0.05) is 19.7 Å². The number of benzene rings is 3. The maximum absolute atomic E-state index is 12.7. The normalized spacial score (nSPS) is 11.8. The predicted octanol–water partition coefficient (Wildman–Crippen LogP) is 3.53. The summed E-state index contributed by atoms with van der Waals surface area (Å²) in [5.41, 5.74) is 0.594. The van der Waals surface area contributed by atoms with Crippen molar-refractivity contribution >= 4 is 22.6 Å². The number of likely N-dealkylation sites (N-methyl/N-ethyl adjacent to an activating group) is 1. The van der Waals surface area contributed by atoms with Gasteiger partial charge in [-0.1, -0.05) is 54.6 Å². The molecular formula is C21H19NO4. The molecule has 0 spiro atoms. The van der Waals surface area contributed by atoms with Gasteiger partial charge in [-0.3, -0.25) is 4.79 Å². The molecule has 3 aromatic rings. The molecule has 0 radical (unpaired) electrons. The zero-order valence-corrected chi connectivity index (χ0v) is 14.5. The lowest BCUT2D eigenvalue weighted by Gasteiger charge is -2.21. The predicted molar refractivity (Wildman–Crippen MR) is 98.9 cm³/mol. The summed E-state index contributed by atoms with van der Waals surface area (Å²) in [6, 6.07) is 19.2. The van der Waals surface area contributed by atoms with E-state index in [1.165, 1.54) is 11.0 Å². The molecule has 1 amide bonds. The highest BCUT2D eigenvalue weighted by atomic mass is 16.5. The SMILES string of the molecule is CN(C)C(=O)C(OC(=O)c1cc2ccccc2cc1O)c1ccccc1. The van der Waals surface area contributed by atoms with E-state index in [0.717, 1.165) is 10.8 Å². The topological polar surface area (TPSA) is 66.8 Å². The Kier molecular flexibility index (Phi) is 4.89.